The largest absolute Gasteiger partial charge is 0.330 e. The minimum atomic E-state index is 0.693. The highest BCUT2D eigenvalue weighted by molar-refractivity contribution is 9.10. The summed E-state index contributed by atoms with van der Waals surface area (Å²) in [6.07, 6.45) is 3.71. The molecule has 0 spiro atoms. The van der Waals surface area contributed by atoms with Gasteiger partial charge in [0.2, 0.25) is 5.69 Å². The number of halogens is 3. The van der Waals surface area contributed by atoms with E-state index in [4.69, 9.17) is 16.7 Å². The molecule has 0 saturated heterocycles. The van der Waals surface area contributed by atoms with Crippen LogP contribution < -0.4 is 4.52 Å². The SMILES string of the molecule is Clc1ccc(-c2nn(-c3ccc(Br)cc3)[n+]3cc(Br)cnc23)cc1. The zero-order valence-corrected chi connectivity index (χ0v) is 16.1. The quantitative estimate of drug-likeness (QED) is 0.397. The summed E-state index contributed by atoms with van der Waals surface area (Å²) >= 11 is 12.9. The zero-order chi connectivity index (χ0) is 16.7. The van der Waals surface area contributed by atoms with Gasteiger partial charge in [0.25, 0.3) is 0 Å². The van der Waals surface area contributed by atoms with Crippen molar-refractivity contribution in [1.29, 1.82) is 0 Å². The number of aromatic nitrogens is 4. The van der Waals surface area contributed by atoms with Gasteiger partial charge in [0.1, 0.15) is 18.1 Å². The molecule has 0 aliphatic heterocycles. The van der Waals surface area contributed by atoms with Crippen LogP contribution in [0.5, 0.6) is 0 Å². The van der Waals surface area contributed by atoms with Gasteiger partial charge in [0, 0.05) is 15.1 Å². The normalized spacial score (nSPS) is 11.1. The van der Waals surface area contributed by atoms with E-state index >= 15 is 0 Å². The second-order valence-corrected chi connectivity index (χ2v) is 7.43. The van der Waals surface area contributed by atoms with Gasteiger partial charge in [-0.2, -0.15) is 0 Å². The molecular formula is C17H10Br2ClN4+. The first kappa shape index (κ1) is 15.7. The zero-order valence-electron chi connectivity index (χ0n) is 12.2. The fourth-order valence-corrected chi connectivity index (χ4v) is 3.13. The van der Waals surface area contributed by atoms with E-state index in [1.165, 1.54) is 0 Å². The first-order valence-electron chi connectivity index (χ1n) is 7.10. The summed E-state index contributed by atoms with van der Waals surface area (Å²) in [5.41, 5.74) is 3.46. The molecule has 2 aromatic heterocycles. The molecule has 118 valence electrons. The molecule has 0 amide bonds. The third-order valence-electron chi connectivity index (χ3n) is 3.56. The van der Waals surface area contributed by atoms with Crippen molar-refractivity contribution in [2.75, 3.05) is 0 Å². The summed E-state index contributed by atoms with van der Waals surface area (Å²) in [6.45, 7) is 0. The highest BCUT2D eigenvalue weighted by Gasteiger charge is 2.23. The molecule has 0 bridgehead atoms. The van der Waals surface area contributed by atoms with Crippen LogP contribution in [0.15, 0.2) is 69.9 Å². The Hall–Kier alpha value is -1.76. The molecular weight excluding hydrogens is 455 g/mol. The molecule has 2 heterocycles. The van der Waals surface area contributed by atoms with Crippen LogP contribution in [-0.4, -0.2) is 14.9 Å². The number of hydrogen-bond acceptors (Lipinski definition) is 2. The molecule has 4 nitrogen and oxygen atoms in total. The molecule has 2 aromatic carbocycles. The summed E-state index contributed by atoms with van der Waals surface area (Å²) in [4.78, 5) is 6.36. The van der Waals surface area contributed by atoms with E-state index in [1.54, 1.807) is 6.20 Å². The van der Waals surface area contributed by atoms with Crippen LogP contribution in [-0.2, 0) is 0 Å². The minimum Gasteiger partial charge on any atom is -0.125 e. The molecule has 0 aliphatic carbocycles. The van der Waals surface area contributed by atoms with Crippen molar-refractivity contribution in [3.05, 3.63) is 74.9 Å². The van der Waals surface area contributed by atoms with E-state index in [1.807, 2.05) is 64.0 Å². The van der Waals surface area contributed by atoms with E-state index in [0.717, 1.165) is 31.5 Å². The van der Waals surface area contributed by atoms with Gasteiger partial charge in [-0.05, 0) is 69.6 Å². The summed E-state index contributed by atoms with van der Waals surface area (Å²) < 4.78 is 3.81. The lowest BCUT2D eigenvalue weighted by molar-refractivity contribution is -0.606. The Morgan fingerprint density at radius 3 is 2.33 bits per heavy atom. The molecule has 4 rings (SSSR count). The van der Waals surface area contributed by atoms with Crippen molar-refractivity contribution in [2.24, 2.45) is 0 Å². The Morgan fingerprint density at radius 2 is 1.62 bits per heavy atom. The first-order chi connectivity index (χ1) is 11.6. The van der Waals surface area contributed by atoms with Crippen molar-refractivity contribution in [3.8, 4) is 16.9 Å². The average Bonchev–Trinajstić information content (AvgIpc) is 2.95. The van der Waals surface area contributed by atoms with E-state index in [2.05, 4.69) is 36.8 Å². The van der Waals surface area contributed by atoms with Gasteiger partial charge in [-0.1, -0.05) is 32.3 Å². The van der Waals surface area contributed by atoms with Gasteiger partial charge in [0.05, 0.1) is 4.47 Å². The van der Waals surface area contributed by atoms with E-state index in [9.17, 15) is 0 Å². The van der Waals surface area contributed by atoms with Gasteiger partial charge >= 0.3 is 5.65 Å². The number of benzene rings is 2. The highest BCUT2D eigenvalue weighted by Crippen LogP contribution is 2.23. The molecule has 0 fully saturated rings. The second-order valence-electron chi connectivity index (χ2n) is 5.16. The van der Waals surface area contributed by atoms with Crippen LogP contribution in [0.4, 0.5) is 0 Å². The Kier molecular flexibility index (Phi) is 4.12. The van der Waals surface area contributed by atoms with Crippen LogP contribution in [0.2, 0.25) is 5.02 Å². The lowest BCUT2D eigenvalue weighted by Gasteiger charge is -1.98. The van der Waals surface area contributed by atoms with Gasteiger partial charge in [0.15, 0.2) is 0 Å². The average molecular weight is 466 g/mol. The van der Waals surface area contributed by atoms with Crippen LogP contribution >= 0.6 is 43.5 Å². The predicted octanol–water partition coefficient (Wildman–Crippen LogP) is 4.85. The summed E-state index contributed by atoms with van der Waals surface area (Å²) in [5, 5.41) is 5.46. The molecule has 0 aliphatic rings. The Balaban J connectivity index is 1.98. The lowest BCUT2D eigenvalue weighted by Crippen LogP contribution is -2.32. The molecule has 0 unspecified atom stereocenters. The minimum absolute atomic E-state index is 0.693. The molecule has 0 atom stereocenters. The maximum absolute atomic E-state index is 6.00. The second kappa shape index (κ2) is 6.27. The maximum Gasteiger partial charge on any atom is 0.330 e. The molecule has 0 radical (unpaired) electrons. The summed E-state index contributed by atoms with van der Waals surface area (Å²) in [5.74, 6) is 0. The summed E-state index contributed by atoms with van der Waals surface area (Å²) in [6, 6.07) is 15.6. The number of rotatable bonds is 2. The van der Waals surface area contributed by atoms with Crippen molar-refractivity contribution in [3.63, 3.8) is 0 Å². The van der Waals surface area contributed by atoms with Gasteiger partial charge in [-0.3, -0.25) is 0 Å². The number of hydrogen-bond donors (Lipinski definition) is 0. The fourth-order valence-electron chi connectivity index (χ4n) is 2.45. The number of nitrogens with zero attached hydrogens (tertiary/aromatic N) is 4. The topological polar surface area (TPSA) is 34.8 Å². The third-order valence-corrected chi connectivity index (χ3v) is 4.75. The first-order valence-corrected chi connectivity index (χ1v) is 9.06. The molecule has 7 heteroatoms. The van der Waals surface area contributed by atoms with Crippen LogP contribution in [0.25, 0.3) is 22.6 Å². The van der Waals surface area contributed by atoms with Gasteiger partial charge < -0.3 is 0 Å². The monoisotopic (exact) mass is 463 g/mol. The Morgan fingerprint density at radius 1 is 0.917 bits per heavy atom. The molecule has 0 N–H and O–H groups in total. The van der Waals surface area contributed by atoms with Gasteiger partial charge in [-0.25, -0.2) is 0 Å². The standard InChI is InChI=1S/C17H10Br2ClN4/c18-12-3-7-15(8-4-12)24-22-16(11-1-5-14(20)6-2-11)17-21-9-13(19)10-23(17)24/h1-10H/q+1. The van der Waals surface area contributed by atoms with E-state index < -0.39 is 0 Å². The van der Waals surface area contributed by atoms with Crippen molar-refractivity contribution in [2.45, 2.75) is 0 Å². The van der Waals surface area contributed by atoms with Gasteiger partial charge in [-0.15, -0.1) is 9.50 Å². The third kappa shape index (κ3) is 2.85. The van der Waals surface area contributed by atoms with E-state index in [-0.39, 0.29) is 0 Å². The Labute approximate surface area is 160 Å². The molecule has 24 heavy (non-hydrogen) atoms. The Bertz CT molecular complexity index is 1030. The highest BCUT2D eigenvalue weighted by atomic mass is 79.9. The predicted molar refractivity (Wildman–Crippen MR) is 100 cm³/mol. The smallest absolute Gasteiger partial charge is 0.125 e. The molecule has 4 aromatic rings. The molecule has 0 saturated carbocycles. The number of fused-ring (bicyclic) bond motifs is 1. The lowest BCUT2D eigenvalue weighted by atomic mass is 10.2. The van der Waals surface area contributed by atoms with Crippen molar-refractivity contribution >= 4 is 49.1 Å². The fraction of sp³-hybridized carbons (Fsp3) is 0. The van der Waals surface area contributed by atoms with Crippen LogP contribution in [0, 0.1) is 0 Å². The maximum atomic E-state index is 6.00. The van der Waals surface area contributed by atoms with Crippen LogP contribution in [0.3, 0.4) is 0 Å². The van der Waals surface area contributed by atoms with E-state index in [0.29, 0.717) is 5.02 Å². The van der Waals surface area contributed by atoms with Crippen molar-refractivity contribution in [1.82, 2.24) is 14.9 Å². The summed E-state index contributed by atoms with van der Waals surface area (Å²) in [7, 11) is 0. The van der Waals surface area contributed by atoms with Crippen molar-refractivity contribution < 1.29 is 4.52 Å². The van der Waals surface area contributed by atoms with Crippen LogP contribution in [0.1, 0.15) is 0 Å².